The van der Waals surface area contributed by atoms with Crippen molar-refractivity contribution in [2.75, 3.05) is 46.4 Å². The SMILES string of the molecule is C=C1CC2(CCCC2)O/C1=C(/C=C\CN1CCN(CC(=O)O)CC1)OC.Cc1ccccc1. The number of allylic oxidation sites excluding steroid dienone is 2. The van der Waals surface area contributed by atoms with Crippen LogP contribution in [0.3, 0.4) is 0 Å². The number of methoxy groups -OCH3 is 1. The fourth-order valence-electron chi connectivity index (χ4n) is 4.72. The van der Waals surface area contributed by atoms with E-state index in [2.05, 4.69) is 36.6 Å². The highest BCUT2D eigenvalue weighted by molar-refractivity contribution is 5.69. The predicted octanol–water partition coefficient (Wildman–Crippen LogP) is 4.39. The van der Waals surface area contributed by atoms with Crippen molar-refractivity contribution in [1.29, 1.82) is 0 Å². The third kappa shape index (κ3) is 7.47. The molecule has 6 nitrogen and oxygen atoms in total. The van der Waals surface area contributed by atoms with Gasteiger partial charge in [0.2, 0.25) is 0 Å². The molecule has 1 spiro atoms. The summed E-state index contributed by atoms with van der Waals surface area (Å²) in [4.78, 5) is 15.1. The number of carboxylic acid groups (broad SMARTS) is 1. The quantitative estimate of drug-likeness (QED) is 0.644. The lowest BCUT2D eigenvalue weighted by Crippen LogP contribution is -2.47. The summed E-state index contributed by atoms with van der Waals surface area (Å²) in [6, 6.07) is 10.3. The lowest BCUT2D eigenvalue weighted by Gasteiger charge is -2.33. The highest BCUT2D eigenvalue weighted by atomic mass is 16.5. The minimum Gasteiger partial charge on any atom is -0.493 e. The van der Waals surface area contributed by atoms with Crippen LogP contribution in [0.2, 0.25) is 0 Å². The molecule has 1 saturated carbocycles. The van der Waals surface area contributed by atoms with Crippen LogP contribution >= 0.6 is 0 Å². The Hall–Kier alpha value is -2.57. The van der Waals surface area contributed by atoms with Crippen LogP contribution in [0.4, 0.5) is 0 Å². The van der Waals surface area contributed by atoms with Gasteiger partial charge >= 0.3 is 5.97 Å². The van der Waals surface area contributed by atoms with Crippen molar-refractivity contribution in [3.8, 4) is 0 Å². The fraction of sp³-hybridized carbons (Fsp3) is 0.519. The van der Waals surface area contributed by atoms with E-state index in [-0.39, 0.29) is 12.1 Å². The van der Waals surface area contributed by atoms with Crippen LogP contribution in [0.25, 0.3) is 0 Å². The van der Waals surface area contributed by atoms with Crippen LogP contribution in [0.1, 0.15) is 37.7 Å². The minimum atomic E-state index is -0.758. The van der Waals surface area contributed by atoms with Gasteiger partial charge in [-0.05, 0) is 44.3 Å². The lowest BCUT2D eigenvalue weighted by molar-refractivity contribution is -0.138. The Balaban J connectivity index is 0.000000374. The van der Waals surface area contributed by atoms with Crippen LogP contribution in [0, 0.1) is 6.92 Å². The molecule has 0 aromatic heterocycles. The highest BCUT2D eigenvalue weighted by Crippen LogP contribution is 2.47. The maximum Gasteiger partial charge on any atom is 0.317 e. The number of carbonyl (C=O) groups is 1. The molecule has 1 aromatic rings. The summed E-state index contributed by atoms with van der Waals surface area (Å²) in [6.45, 7) is 10.6. The number of nitrogens with zero attached hydrogens (tertiary/aromatic N) is 2. The molecule has 0 radical (unpaired) electrons. The molecule has 2 saturated heterocycles. The number of carboxylic acids is 1. The second kappa shape index (κ2) is 12.1. The molecule has 6 heteroatoms. The molecule has 2 aliphatic heterocycles. The zero-order valence-corrected chi connectivity index (χ0v) is 20.1. The maximum atomic E-state index is 10.8. The van der Waals surface area contributed by atoms with E-state index in [1.54, 1.807) is 7.11 Å². The maximum absolute atomic E-state index is 10.8. The third-order valence-electron chi connectivity index (χ3n) is 6.53. The number of piperazine rings is 1. The van der Waals surface area contributed by atoms with E-state index in [0.29, 0.717) is 0 Å². The molecule has 180 valence electrons. The molecule has 1 aromatic carbocycles. The van der Waals surface area contributed by atoms with Crippen molar-refractivity contribution in [2.45, 2.75) is 44.6 Å². The number of hydrogen-bond acceptors (Lipinski definition) is 5. The van der Waals surface area contributed by atoms with Crippen molar-refractivity contribution in [2.24, 2.45) is 0 Å². The van der Waals surface area contributed by atoms with Gasteiger partial charge in [-0.3, -0.25) is 14.6 Å². The summed E-state index contributed by atoms with van der Waals surface area (Å²) in [5, 5.41) is 8.86. The van der Waals surface area contributed by atoms with Gasteiger partial charge in [-0.15, -0.1) is 0 Å². The largest absolute Gasteiger partial charge is 0.493 e. The molecule has 2 heterocycles. The van der Waals surface area contributed by atoms with E-state index in [4.69, 9.17) is 14.6 Å². The molecular formula is C27H38N2O4. The zero-order chi connectivity index (χ0) is 23.7. The van der Waals surface area contributed by atoms with Crippen LogP contribution in [-0.4, -0.2) is 72.9 Å². The van der Waals surface area contributed by atoms with Crippen molar-refractivity contribution in [3.63, 3.8) is 0 Å². The van der Waals surface area contributed by atoms with E-state index in [9.17, 15) is 4.79 Å². The average Bonchev–Trinajstić information content (AvgIpc) is 3.38. The van der Waals surface area contributed by atoms with Gasteiger partial charge in [0.1, 0.15) is 5.60 Å². The Kier molecular flexibility index (Phi) is 9.15. The van der Waals surface area contributed by atoms with Crippen LogP contribution in [0.15, 0.2) is 66.2 Å². The van der Waals surface area contributed by atoms with Crippen LogP contribution in [0.5, 0.6) is 0 Å². The molecule has 33 heavy (non-hydrogen) atoms. The van der Waals surface area contributed by atoms with Gasteiger partial charge in [0.15, 0.2) is 11.5 Å². The summed E-state index contributed by atoms with van der Waals surface area (Å²) in [7, 11) is 1.67. The summed E-state index contributed by atoms with van der Waals surface area (Å²) in [5.74, 6) is 0.812. The number of aryl methyl sites for hydroxylation is 1. The topological polar surface area (TPSA) is 62.2 Å². The summed E-state index contributed by atoms with van der Waals surface area (Å²) < 4.78 is 11.9. The number of hydrogen-bond donors (Lipinski definition) is 1. The molecule has 1 N–H and O–H groups in total. The summed E-state index contributed by atoms with van der Waals surface area (Å²) >= 11 is 0. The van der Waals surface area contributed by atoms with E-state index in [1.165, 1.54) is 18.4 Å². The molecule has 3 fully saturated rings. The lowest BCUT2D eigenvalue weighted by atomic mass is 9.96. The van der Waals surface area contributed by atoms with Gasteiger partial charge in [-0.25, -0.2) is 0 Å². The van der Waals surface area contributed by atoms with Gasteiger partial charge in [-0.2, -0.15) is 0 Å². The Morgan fingerprint density at radius 3 is 2.33 bits per heavy atom. The number of benzene rings is 1. The molecule has 1 aliphatic carbocycles. The Morgan fingerprint density at radius 1 is 1.15 bits per heavy atom. The molecule has 0 amide bonds. The first-order chi connectivity index (χ1) is 15.9. The van der Waals surface area contributed by atoms with Gasteiger partial charge < -0.3 is 14.6 Å². The van der Waals surface area contributed by atoms with E-state index < -0.39 is 5.97 Å². The number of ether oxygens (including phenoxy) is 2. The third-order valence-corrected chi connectivity index (χ3v) is 6.53. The standard InChI is InChI=1S/C20H30N2O4.C7H8/c1-16-14-20(7-3-4-8-20)26-19(16)17(25-2)6-5-9-21-10-12-22(13-11-21)15-18(23)24;1-7-5-3-2-4-6-7/h5-6H,1,3-4,7-15H2,2H3,(H,23,24);2-6H,1H3/b6-5-,19-17-;. The average molecular weight is 455 g/mol. The first-order valence-corrected chi connectivity index (χ1v) is 11.9. The van der Waals surface area contributed by atoms with Crippen molar-refractivity contribution < 1.29 is 19.4 Å². The molecular weight excluding hydrogens is 416 g/mol. The van der Waals surface area contributed by atoms with Crippen LogP contribution in [-0.2, 0) is 14.3 Å². The van der Waals surface area contributed by atoms with Crippen molar-refractivity contribution in [1.82, 2.24) is 9.80 Å². The summed E-state index contributed by atoms with van der Waals surface area (Å²) in [6.07, 6.45) is 9.66. The second-order valence-corrected chi connectivity index (χ2v) is 9.20. The number of rotatable bonds is 6. The van der Waals surface area contributed by atoms with Gasteiger partial charge in [-0.1, -0.05) is 48.6 Å². The Morgan fingerprint density at radius 2 is 1.79 bits per heavy atom. The first-order valence-electron chi connectivity index (χ1n) is 11.9. The van der Waals surface area contributed by atoms with E-state index >= 15 is 0 Å². The van der Waals surface area contributed by atoms with Gasteiger partial charge in [0.25, 0.3) is 0 Å². The molecule has 0 atom stereocenters. The molecule has 0 unspecified atom stereocenters. The van der Waals surface area contributed by atoms with Crippen molar-refractivity contribution in [3.05, 3.63) is 71.7 Å². The van der Waals surface area contributed by atoms with Crippen LogP contribution < -0.4 is 0 Å². The van der Waals surface area contributed by atoms with Gasteiger partial charge in [0, 0.05) is 39.1 Å². The molecule has 0 bridgehead atoms. The summed E-state index contributed by atoms with van der Waals surface area (Å²) in [5.41, 5.74) is 2.32. The Bertz CT molecular complexity index is 848. The number of aliphatic carboxylic acids is 1. The van der Waals surface area contributed by atoms with E-state index in [1.807, 2.05) is 29.2 Å². The Labute approximate surface area is 198 Å². The fourth-order valence-corrected chi connectivity index (χ4v) is 4.72. The van der Waals surface area contributed by atoms with E-state index in [0.717, 1.165) is 69.1 Å². The zero-order valence-electron chi connectivity index (χ0n) is 20.1. The second-order valence-electron chi connectivity index (χ2n) is 9.20. The first kappa shape index (κ1) is 25.1. The predicted molar refractivity (Wildman–Crippen MR) is 131 cm³/mol. The monoisotopic (exact) mass is 454 g/mol. The normalized spacial score (nSPS) is 22.2. The van der Waals surface area contributed by atoms with Crippen molar-refractivity contribution >= 4 is 5.97 Å². The molecule has 3 aliphatic rings. The highest BCUT2D eigenvalue weighted by Gasteiger charge is 2.43. The smallest absolute Gasteiger partial charge is 0.317 e. The minimum absolute atomic E-state index is 0.0372. The molecule has 4 rings (SSSR count). The van der Waals surface area contributed by atoms with Gasteiger partial charge in [0.05, 0.1) is 13.7 Å².